The molecule has 2 heterocycles. The maximum Gasteiger partial charge on any atom is 0.326 e. The molecule has 0 saturated carbocycles. The first kappa shape index (κ1) is 105. The van der Waals surface area contributed by atoms with Crippen LogP contribution in [-0.4, -0.2) is 302 Å². The zero-order chi connectivity index (χ0) is 93.2. The third-order valence-corrected chi connectivity index (χ3v) is 17.9. The van der Waals surface area contributed by atoms with Crippen LogP contribution in [0.3, 0.4) is 0 Å². The van der Waals surface area contributed by atoms with Gasteiger partial charge in [0, 0.05) is 51.0 Å². The fourth-order valence-electron chi connectivity index (χ4n) is 11.1. The Balaban J connectivity index is 2.46. The van der Waals surface area contributed by atoms with Gasteiger partial charge in [-0.2, -0.15) is 0 Å². The van der Waals surface area contributed by atoms with Gasteiger partial charge in [-0.05, 0) is 50.9 Å². The highest BCUT2D eigenvalue weighted by Crippen LogP contribution is 2.15. The van der Waals surface area contributed by atoms with E-state index in [0.717, 1.165) is 19.6 Å². The second-order valence-electron chi connectivity index (χ2n) is 28.3. The van der Waals surface area contributed by atoms with Crippen LogP contribution in [0.4, 0.5) is 0 Å². The summed E-state index contributed by atoms with van der Waals surface area (Å²) < 4.78 is 0. The van der Waals surface area contributed by atoms with Crippen molar-refractivity contribution >= 4 is 136 Å². The van der Waals surface area contributed by atoms with Crippen LogP contribution in [0.15, 0.2) is 25.0 Å². The molecule has 2 aromatic heterocycles. The second kappa shape index (κ2) is 52.8. The summed E-state index contributed by atoms with van der Waals surface area (Å²) in [5.74, 6) is -31.9. The van der Waals surface area contributed by atoms with Crippen LogP contribution in [0.25, 0.3) is 0 Å². The largest absolute Gasteiger partial charge is 0.481 e. The van der Waals surface area contributed by atoms with E-state index in [0.29, 0.717) is 0 Å². The van der Waals surface area contributed by atoms with Crippen molar-refractivity contribution in [2.75, 3.05) is 19.7 Å². The second-order valence-corrected chi connectivity index (χ2v) is 28.3. The standard InChI is InChI=1S/C69H107N25O29/c1-6-29(4)53(93-65(119)52(28(2)3)92-58(112)34(9-12-44(71)97)82-47(100)24-79-56(110)40(19-49(103)104)85-55(109)33(70)8-7-15-78-69(74)75)66(120)89-39(18-46(73)99)62(116)83-36(11-14-48(101)102)59(113)94-54(30(5)96)67(121)91-43(25-95)64(118)84-35(10-13-45(72)98)57(111)86-37(16-31-22-76-26-80-31)60(114)87-38(17-32-23-77-27-81-32)61(115)88-41(20-50(105)106)63(117)90-42(68(122)123)21-51(107)108/h22-23,26-30,33-43,52-54,95-96H,6-21,24-25,70H2,1-5H3,(H2,71,97)(H2,72,98)(H2,73,99)(H,76,80)(H,77,81)(H,79,110)(H,82,100)(H,83,116)(H,84,118)(H,85,109)(H,86,111)(H,87,114)(H,88,115)(H,89,120)(H,90,117)(H,91,121)(H,92,112)(H,93,119)(H,94,113)(H,101,102)(H,103,104)(H,105,106)(H,107,108)(H,122,123)(H4,74,75,78)/t29-,30+,33-,34-,35-,36-,37-,38-,39-,40-,41-,42-,43-,52-,53-,54-/m0/s1. The summed E-state index contributed by atoms with van der Waals surface area (Å²) in [6.07, 6.45) is -6.82. The number of aliphatic carboxylic acids is 5. The molecule has 0 aliphatic heterocycles. The first-order valence-corrected chi connectivity index (χ1v) is 37.8. The maximum absolute atomic E-state index is 14.4. The molecule has 0 aromatic carbocycles. The number of nitrogens with zero attached hydrogens (tertiary/aromatic N) is 2. The molecule has 0 spiro atoms. The molecular weight excluding hydrogens is 1640 g/mol. The minimum Gasteiger partial charge on any atom is -0.481 e. The van der Waals surface area contributed by atoms with E-state index in [4.69, 9.17) is 34.1 Å². The van der Waals surface area contributed by atoms with E-state index >= 15 is 0 Å². The topological polar surface area (TPSA) is 909 Å². The van der Waals surface area contributed by atoms with Gasteiger partial charge in [0.05, 0.1) is 75.0 Å². The first-order valence-electron chi connectivity index (χ1n) is 37.8. The summed E-state index contributed by atoms with van der Waals surface area (Å²) in [4.78, 5) is 303. The van der Waals surface area contributed by atoms with Crippen LogP contribution in [0, 0.1) is 17.2 Å². The Labute approximate surface area is 698 Å². The Morgan fingerprint density at radius 3 is 1.20 bits per heavy atom. The lowest BCUT2D eigenvalue weighted by Gasteiger charge is -2.30. The summed E-state index contributed by atoms with van der Waals surface area (Å²) >= 11 is 0. The third kappa shape index (κ3) is 39.6. The molecule has 0 radical (unpaired) electrons. The van der Waals surface area contributed by atoms with Crippen LogP contribution in [0.1, 0.15) is 129 Å². The van der Waals surface area contributed by atoms with Crippen LogP contribution in [-0.2, 0) is 118 Å². The van der Waals surface area contributed by atoms with Crippen molar-refractivity contribution in [2.24, 2.45) is 40.5 Å². The lowest BCUT2D eigenvalue weighted by Crippen LogP contribution is -2.63. The number of nitrogens with two attached hydrogens (primary N) is 5. The zero-order valence-corrected chi connectivity index (χ0v) is 67.2. The molecule has 16 atom stereocenters. The average molecular weight is 1750 g/mol. The van der Waals surface area contributed by atoms with Gasteiger partial charge in [0.15, 0.2) is 5.96 Å². The number of nitrogens with one attached hydrogen (secondary N) is 18. The van der Waals surface area contributed by atoms with Crippen LogP contribution in [0.5, 0.6) is 0 Å². The predicted octanol–water partition coefficient (Wildman–Crippen LogP) is -13.2. The molecule has 17 amide bonds. The summed E-state index contributed by atoms with van der Waals surface area (Å²) in [7, 11) is 0. The molecule has 54 heteroatoms. The lowest BCUT2D eigenvalue weighted by molar-refractivity contribution is -0.148. The normalized spacial score (nSPS) is 14.9. The fourth-order valence-corrected chi connectivity index (χ4v) is 11.1. The van der Waals surface area contributed by atoms with E-state index in [2.05, 4.69) is 89.1 Å². The number of carbonyl (C=O) groups is 22. The number of primary amides is 3. The number of amides is 17. The molecule has 0 fully saturated rings. The molecule has 123 heavy (non-hydrogen) atoms. The van der Waals surface area contributed by atoms with E-state index in [1.807, 2.05) is 10.6 Å². The maximum atomic E-state index is 14.4. The highest BCUT2D eigenvalue weighted by molar-refractivity contribution is 6.02. The number of guanidine groups is 1. The van der Waals surface area contributed by atoms with Gasteiger partial charge >= 0.3 is 29.8 Å². The molecule has 2 aromatic rings. The molecule has 0 aliphatic rings. The first-order chi connectivity index (χ1) is 57.6. The van der Waals surface area contributed by atoms with Gasteiger partial charge in [0.1, 0.15) is 78.5 Å². The van der Waals surface area contributed by atoms with E-state index in [1.165, 1.54) is 33.2 Å². The number of hydrogen-bond donors (Lipinski definition) is 30. The Hall–Kier alpha value is -14.1. The number of carbonyl (C=O) groups excluding carboxylic acids is 17. The number of hydrogen-bond acceptors (Lipinski definition) is 28. The van der Waals surface area contributed by atoms with Crippen molar-refractivity contribution < 1.29 is 141 Å². The fraction of sp³-hybridized carbons (Fsp3) is 0.580. The van der Waals surface area contributed by atoms with Crippen LogP contribution < -0.4 is 108 Å². The smallest absolute Gasteiger partial charge is 0.326 e. The van der Waals surface area contributed by atoms with Crippen molar-refractivity contribution in [1.82, 2.24) is 99.7 Å². The van der Waals surface area contributed by atoms with Gasteiger partial charge in [-0.15, -0.1) is 0 Å². The van der Waals surface area contributed by atoms with Crippen LogP contribution >= 0.6 is 0 Å². The summed E-state index contributed by atoms with van der Waals surface area (Å²) in [6, 6.07) is -26.6. The van der Waals surface area contributed by atoms with Crippen molar-refractivity contribution in [1.29, 1.82) is 5.41 Å². The Morgan fingerprint density at radius 2 is 0.772 bits per heavy atom. The van der Waals surface area contributed by atoms with E-state index in [-0.39, 0.29) is 43.2 Å². The summed E-state index contributed by atoms with van der Waals surface area (Å²) in [5.41, 5.74) is 27.4. The molecule has 54 nitrogen and oxygen atoms in total. The minimum atomic E-state index is -2.23. The van der Waals surface area contributed by atoms with E-state index in [1.54, 1.807) is 6.92 Å². The van der Waals surface area contributed by atoms with Gasteiger partial charge < -0.3 is 154 Å². The van der Waals surface area contributed by atoms with Crippen molar-refractivity contribution in [3.8, 4) is 0 Å². The lowest BCUT2D eigenvalue weighted by atomic mass is 9.95. The SMILES string of the molecule is CC[C@H](C)[C@H](NC(=O)[C@@H](NC(=O)[C@H](CCC(N)=O)NC(=O)CNC(=O)[C@H](CC(=O)O)NC(=O)[C@@H](N)CCCNC(=N)N)C(C)C)C(=O)N[C@@H](CC(N)=O)C(=O)N[C@@H](CCC(=O)O)C(=O)N[C@H](C(=O)N[C@@H](CO)C(=O)N[C@@H](CCC(N)=O)C(=O)N[C@@H](Cc1c[nH]cn1)C(=O)N[C@@H](Cc1c[nH]cn1)C(=O)N[C@@H](CC(=O)O)C(=O)N[C@@H](CC(=O)O)C(=O)O)[C@@H](C)O. The highest BCUT2D eigenvalue weighted by atomic mass is 16.4. The molecular formula is C69H107N25O29. The van der Waals surface area contributed by atoms with Gasteiger partial charge in [-0.3, -0.25) is 106 Å². The van der Waals surface area contributed by atoms with Crippen molar-refractivity contribution in [3.05, 3.63) is 36.4 Å². The van der Waals surface area contributed by atoms with Gasteiger partial charge in [-0.1, -0.05) is 34.1 Å². The monoisotopic (exact) mass is 1750 g/mol. The zero-order valence-electron chi connectivity index (χ0n) is 67.2. The molecule has 0 aliphatic carbocycles. The minimum absolute atomic E-state index is 0.000302. The van der Waals surface area contributed by atoms with Gasteiger partial charge in [-0.25, -0.2) is 14.8 Å². The Kier molecular flexibility index (Phi) is 45.0. The average Bonchev–Trinajstić information content (AvgIpc) is 1.61. The number of aromatic nitrogens is 4. The number of aromatic amines is 2. The third-order valence-electron chi connectivity index (χ3n) is 17.9. The molecule has 682 valence electrons. The summed E-state index contributed by atoms with van der Waals surface area (Å²) in [5, 5.41) is 109. The molecule has 35 N–H and O–H groups in total. The number of rotatable bonds is 59. The van der Waals surface area contributed by atoms with Crippen molar-refractivity contribution in [3.63, 3.8) is 0 Å². The van der Waals surface area contributed by atoms with E-state index < -0.39 is 323 Å². The predicted molar refractivity (Wildman–Crippen MR) is 415 cm³/mol. The van der Waals surface area contributed by atoms with Gasteiger partial charge in [0.2, 0.25) is 100 Å². The summed E-state index contributed by atoms with van der Waals surface area (Å²) in [6.45, 7) is 4.57. The number of H-pyrrole nitrogens is 2. The highest BCUT2D eigenvalue weighted by Gasteiger charge is 2.41. The van der Waals surface area contributed by atoms with Crippen LogP contribution in [0.2, 0.25) is 0 Å². The number of aliphatic hydroxyl groups is 2. The number of carboxylic acids is 5. The number of carboxylic acid groups (broad SMARTS) is 5. The molecule has 0 unspecified atom stereocenters. The van der Waals surface area contributed by atoms with Gasteiger partial charge in [0.25, 0.3) is 0 Å². The number of aliphatic hydroxyl groups excluding tert-OH is 2. The number of imidazole rings is 2. The molecule has 0 bridgehead atoms. The Bertz CT molecular complexity index is 4090. The quantitative estimate of drug-likeness (QED) is 0.0166. The molecule has 2 rings (SSSR count). The van der Waals surface area contributed by atoms with E-state index in [9.17, 15) is 141 Å². The molecule has 0 saturated heterocycles. The van der Waals surface area contributed by atoms with Crippen molar-refractivity contribution in [2.45, 2.75) is 222 Å². The Morgan fingerprint density at radius 1 is 0.407 bits per heavy atom.